The Morgan fingerprint density at radius 2 is 2.15 bits per heavy atom. The van der Waals surface area contributed by atoms with E-state index in [4.69, 9.17) is 10.5 Å². The summed E-state index contributed by atoms with van der Waals surface area (Å²) in [7, 11) is 0. The number of nitrogens with two attached hydrogens (primary N) is 1. The van der Waals surface area contributed by atoms with Gasteiger partial charge in [-0.05, 0) is 32.8 Å². The molecule has 0 aliphatic carbocycles. The van der Waals surface area contributed by atoms with Gasteiger partial charge in [0.25, 0.3) is 0 Å². The molecule has 2 heterocycles. The molecule has 1 aliphatic heterocycles. The molecule has 0 radical (unpaired) electrons. The maximum atomic E-state index is 6.12. The van der Waals surface area contributed by atoms with Gasteiger partial charge in [-0.15, -0.1) is 0 Å². The number of nitrogens with one attached hydrogen (secondary N) is 1. The second-order valence-electron chi connectivity index (χ2n) is 6.05. The van der Waals surface area contributed by atoms with Crippen molar-refractivity contribution in [2.45, 2.75) is 38.3 Å². The van der Waals surface area contributed by atoms with Crippen molar-refractivity contribution in [2.75, 3.05) is 17.7 Å². The zero-order chi connectivity index (χ0) is 14.2. The minimum Gasteiger partial charge on any atom is -0.396 e. The van der Waals surface area contributed by atoms with Crippen molar-refractivity contribution < 1.29 is 4.74 Å². The van der Waals surface area contributed by atoms with Gasteiger partial charge in [-0.1, -0.05) is 18.2 Å². The molecule has 0 saturated carbocycles. The van der Waals surface area contributed by atoms with Gasteiger partial charge in [0.05, 0.1) is 28.7 Å². The summed E-state index contributed by atoms with van der Waals surface area (Å²) in [6.07, 6.45) is 3.71. The van der Waals surface area contributed by atoms with Crippen LogP contribution in [0.15, 0.2) is 30.5 Å². The Bertz CT molecular complexity index is 624. The summed E-state index contributed by atoms with van der Waals surface area (Å²) in [5.41, 5.74) is 8.71. The lowest BCUT2D eigenvalue weighted by Gasteiger charge is -2.36. The molecule has 0 amide bonds. The van der Waals surface area contributed by atoms with E-state index in [1.165, 1.54) is 0 Å². The predicted molar refractivity (Wildman–Crippen MR) is 82.8 cm³/mol. The molecule has 20 heavy (non-hydrogen) atoms. The fraction of sp³-hybridized carbons (Fsp3) is 0.438. The molecular weight excluding hydrogens is 250 g/mol. The van der Waals surface area contributed by atoms with Gasteiger partial charge < -0.3 is 15.8 Å². The molecular formula is C16H21N3O. The van der Waals surface area contributed by atoms with Crippen LogP contribution in [0.4, 0.5) is 11.4 Å². The number of ether oxygens (including phenoxy) is 1. The van der Waals surface area contributed by atoms with E-state index < -0.39 is 0 Å². The van der Waals surface area contributed by atoms with Crippen LogP contribution < -0.4 is 11.1 Å². The minimum absolute atomic E-state index is 0.0759. The largest absolute Gasteiger partial charge is 0.396 e. The van der Waals surface area contributed by atoms with Crippen LogP contribution in [0.5, 0.6) is 0 Å². The van der Waals surface area contributed by atoms with Crippen LogP contribution in [-0.2, 0) is 4.74 Å². The molecule has 0 spiro atoms. The summed E-state index contributed by atoms with van der Waals surface area (Å²) in [5, 5.41) is 4.68. The van der Waals surface area contributed by atoms with E-state index >= 15 is 0 Å². The van der Waals surface area contributed by atoms with Gasteiger partial charge in [-0.25, -0.2) is 0 Å². The zero-order valence-corrected chi connectivity index (χ0v) is 12.0. The third-order valence-corrected chi connectivity index (χ3v) is 3.85. The topological polar surface area (TPSA) is 60.2 Å². The van der Waals surface area contributed by atoms with Crippen molar-refractivity contribution >= 4 is 22.3 Å². The van der Waals surface area contributed by atoms with Crippen molar-refractivity contribution in [1.29, 1.82) is 0 Å². The first-order valence-electron chi connectivity index (χ1n) is 7.09. The van der Waals surface area contributed by atoms with Gasteiger partial charge >= 0.3 is 0 Å². The van der Waals surface area contributed by atoms with E-state index in [9.17, 15) is 0 Å². The van der Waals surface area contributed by atoms with Crippen molar-refractivity contribution in [3.63, 3.8) is 0 Å². The number of para-hydroxylation sites is 1. The van der Waals surface area contributed by atoms with Crippen LogP contribution in [0.3, 0.4) is 0 Å². The molecule has 0 bridgehead atoms. The first kappa shape index (κ1) is 13.2. The summed E-state index contributed by atoms with van der Waals surface area (Å²) < 4.78 is 5.77. The fourth-order valence-electron chi connectivity index (χ4n) is 2.88. The summed E-state index contributed by atoms with van der Waals surface area (Å²) in [6.45, 7) is 5.05. The van der Waals surface area contributed by atoms with Crippen LogP contribution >= 0.6 is 0 Å². The summed E-state index contributed by atoms with van der Waals surface area (Å²) in [5.74, 6) is 0. The summed E-state index contributed by atoms with van der Waals surface area (Å²) in [4.78, 5) is 4.37. The lowest BCUT2D eigenvalue weighted by Crippen LogP contribution is -2.40. The van der Waals surface area contributed by atoms with Crippen molar-refractivity contribution in [2.24, 2.45) is 0 Å². The Kier molecular flexibility index (Phi) is 3.26. The van der Waals surface area contributed by atoms with Gasteiger partial charge in [-0.3, -0.25) is 4.98 Å². The molecule has 1 fully saturated rings. The quantitative estimate of drug-likeness (QED) is 0.880. The molecule has 1 aliphatic rings. The van der Waals surface area contributed by atoms with Gasteiger partial charge in [0, 0.05) is 18.0 Å². The van der Waals surface area contributed by atoms with Crippen molar-refractivity contribution in [3.8, 4) is 0 Å². The van der Waals surface area contributed by atoms with Crippen LogP contribution in [0, 0.1) is 0 Å². The number of rotatable bonds is 2. The highest BCUT2D eigenvalue weighted by Crippen LogP contribution is 2.32. The van der Waals surface area contributed by atoms with Crippen molar-refractivity contribution in [1.82, 2.24) is 4.98 Å². The maximum absolute atomic E-state index is 6.12. The molecule has 2 aromatic rings. The fourth-order valence-corrected chi connectivity index (χ4v) is 2.88. The Morgan fingerprint density at radius 3 is 2.95 bits per heavy atom. The average Bonchev–Trinajstić information content (AvgIpc) is 2.41. The number of anilines is 2. The number of fused-ring (bicyclic) bond motifs is 1. The number of aromatic nitrogens is 1. The number of hydrogen-bond acceptors (Lipinski definition) is 4. The Hall–Kier alpha value is -1.81. The van der Waals surface area contributed by atoms with E-state index in [-0.39, 0.29) is 5.60 Å². The molecule has 4 heteroatoms. The smallest absolute Gasteiger partial charge is 0.0743 e. The molecule has 1 atom stereocenters. The first-order valence-corrected chi connectivity index (χ1v) is 7.09. The number of pyridine rings is 1. The standard InChI is InChI=1S/C16H21N3O/c1-16(2)9-11(7-8-20-16)19-15-12-5-3-4-6-14(12)18-10-13(15)17/h3-6,10-11H,7-9,17H2,1-2H3,(H,18,19). The van der Waals surface area contributed by atoms with Gasteiger partial charge in [-0.2, -0.15) is 0 Å². The number of nitrogens with zero attached hydrogens (tertiary/aromatic N) is 1. The lowest BCUT2D eigenvalue weighted by molar-refractivity contribution is -0.0553. The van der Waals surface area contributed by atoms with E-state index in [1.807, 2.05) is 18.2 Å². The minimum atomic E-state index is -0.0759. The van der Waals surface area contributed by atoms with E-state index in [1.54, 1.807) is 6.20 Å². The first-order chi connectivity index (χ1) is 9.55. The molecule has 4 nitrogen and oxygen atoms in total. The normalized spacial score (nSPS) is 21.8. The highest BCUT2D eigenvalue weighted by Gasteiger charge is 2.29. The average molecular weight is 271 g/mol. The number of hydrogen-bond donors (Lipinski definition) is 2. The van der Waals surface area contributed by atoms with Crippen LogP contribution in [0.1, 0.15) is 26.7 Å². The number of nitrogen functional groups attached to an aromatic ring is 1. The van der Waals surface area contributed by atoms with Crippen LogP contribution in [-0.4, -0.2) is 23.2 Å². The summed E-state index contributed by atoms with van der Waals surface area (Å²) in [6, 6.07) is 8.46. The molecule has 1 saturated heterocycles. The zero-order valence-electron chi connectivity index (χ0n) is 12.0. The van der Waals surface area contributed by atoms with Gasteiger partial charge in [0.1, 0.15) is 0 Å². The SMILES string of the molecule is CC1(C)CC(Nc2c(N)cnc3ccccc23)CCO1. The van der Waals surface area contributed by atoms with Gasteiger partial charge in [0.2, 0.25) is 0 Å². The molecule has 106 valence electrons. The Morgan fingerprint density at radius 1 is 1.35 bits per heavy atom. The van der Waals surface area contributed by atoms with E-state index in [2.05, 4.69) is 30.2 Å². The molecule has 3 N–H and O–H groups in total. The van der Waals surface area contributed by atoms with Crippen LogP contribution in [0.25, 0.3) is 10.9 Å². The van der Waals surface area contributed by atoms with E-state index in [0.29, 0.717) is 11.7 Å². The van der Waals surface area contributed by atoms with Gasteiger partial charge in [0.15, 0.2) is 0 Å². The Balaban J connectivity index is 1.92. The third kappa shape index (κ3) is 2.56. The monoisotopic (exact) mass is 271 g/mol. The lowest BCUT2D eigenvalue weighted by atomic mass is 9.93. The van der Waals surface area contributed by atoms with Crippen LogP contribution in [0.2, 0.25) is 0 Å². The van der Waals surface area contributed by atoms with Crippen molar-refractivity contribution in [3.05, 3.63) is 30.5 Å². The second kappa shape index (κ2) is 4.94. The predicted octanol–water partition coefficient (Wildman–Crippen LogP) is 3.19. The Labute approximate surface area is 119 Å². The molecule has 3 rings (SSSR count). The molecule has 1 unspecified atom stereocenters. The highest BCUT2D eigenvalue weighted by molar-refractivity contribution is 5.96. The third-order valence-electron chi connectivity index (χ3n) is 3.85. The maximum Gasteiger partial charge on any atom is 0.0743 e. The highest BCUT2D eigenvalue weighted by atomic mass is 16.5. The number of benzene rings is 1. The summed E-state index contributed by atoms with van der Waals surface area (Å²) >= 11 is 0. The molecule has 1 aromatic heterocycles. The second-order valence-corrected chi connectivity index (χ2v) is 6.05. The van der Waals surface area contributed by atoms with E-state index in [0.717, 1.165) is 36.0 Å². The molecule has 1 aromatic carbocycles.